The molecule has 0 aliphatic carbocycles. The molecule has 0 saturated carbocycles. The molecule has 6 nitrogen and oxygen atoms in total. The summed E-state index contributed by atoms with van der Waals surface area (Å²) < 4.78 is 10.7. The average Bonchev–Trinajstić information content (AvgIpc) is 2.83. The van der Waals surface area contributed by atoms with E-state index in [0.717, 1.165) is 28.7 Å². The molecule has 0 aliphatic heterocycles. The number of nitrogens with zero attached hydrogens (tertiary/aromatic N) is 1. The maximum Gasteiger partial charge on any atom is 0.144 e. The molecule has 36 heavy (non-hydrogen) atoms. The number of ketones is 2. The number of thiol groups is 3. The van der Waals surface area contributed by atoms with Gasteiger partial charge in [0.05, 0.1) is 31.8 Å². The van der Waals surface area contributed by atoms with Gasteiger partial charge in [-0.2, -0.15) is 42.9 Å². The predicted octanol–water partition coefficient (Wildman–Crippen LogP) is 6.04. The van der Waals surface area contributed by atoms with Crippen LogP contribution in [0.2, 0.25) is 0 Å². The standard InChI is InChI=1S/C13H18O2S.C7H14O2S.C6H15NOS2/c1-10(2)15-13-7-4-11(5-8-13)3-6-12(14)9-16;1-6(2)9-4-3-7(8)5-10;1-6(2)7(8-3)4-10-5-9/h4-5,7-8,10,16H,3,6,9H2,1-2H3;6,10H,3-5H2,1-2H3;6,9H,4-5H2,1-3H3. The Morgan fingerprint density at radius 2 is 1.44 bits per heavy atom. The van der Waals surface area contributed by atoms with E-state index in [4.69, 9.17) is 14.3 Å². The van der Waals surface area contributed by atoms with Gasteiger partial charge in [0, 0.05) is 35.5 Å². The van der Waals surface area contributed by atoms with Gasteiger partial charge in [0.25, 0.3) is 0 Å². The van der Waals surface area contributed by atoms with Crippen LogP contribution in [-0.4, -0.2) is 71.1 Å². The second-order valence-electron chi connectivity index (χ2n) is 8.53. The third-order valence-electron chi connectivity index (χ3n) is 4.29. The lowest BCUT2D eigenvalue weighted by Gasteiger charge is -2.22. The molecule has 0 radical (unpaired) electrons. The lowest BCUT2D eigenvalue weighted by molar-refractivity contribution is -0.137. The summed E-state index contributed by atoms with van der Waals surface area (Å²) in [5.74, 6) is 2.74. The monoisotopic (exact) mass is 581 g/mol. The molecule has 0 amide bonds. The highest BCUT2D eigenvalue weighted by molar-refractivity contribution is 8.09. The summed E-state index contributed by atoms with van der Waals surface area (Å²) in [6, 6.07) is 8.34. The van der Waals surface area contributed by atoms with Gasteiger partial charge in [-0.05, 0) is 65.7 Å². The summed E-state index contributed by atoms with van der Waals surface area (Å²) >= 11 is 13.6. The molecule has 0 saturated heterocycles. The van der Waals surface area contributed by atoms with Crippen molar-refractivity contribution >= 4 is 61.2 Å². The third kappa shape index (κ3) is 24.0. The Kier molecular flexibility index (Phi) is 26.2. The van der Waals surface area contributed by atoms with Crippen LogP contribution in [0.4, 0.5) is 0 Å². The van der Waals surface area contributed by atoms with Gasteiger partial charge in [-0.25, -0.2) is 0 Å². The molecule has 0 aromatic heterocycles. The molecule has 0 N–H and O–H groups in total. The fourth-order valence-electron chi connectivity index (χ4n) is 2.40. The van der Waals surface area contributed by atoms with Gasteiger partial charge in [0.15, 0.2) is 0 Å². The molecule has 210 valence electrons. The number of thioether (sulfide) groups is 1. The quantitative estimate of drug-likeness (QED) is 0.125. The zero-order valence-corrected chi connectivity index (χ0v) is 26.4. The van der Waals surface area contributed by atoms with Crippen LogP contribution in [-0.2, 0) is 25.6 Å². The first kappa shape index (κ1) is 37.8. The third-order valence-corrected chi connectivity index (χ3v) is 6.17. The highest BCUT2D eigenvalue weighted by Crippen LogP contribution is 2.15. The van der Waals surface area contributed by atoms with Crippen molar-refractivity contribution in [3.63, 3.8) is 0 Å². The molecule has 1 aromatic carbocycles. The van der Waals surface area contributed by atoms with E-state index in [9.17, 15) is 9.59 Å². The van der Waals surface area contributed by atoms with Crippen molar-refractivity contribution in [2.24, 2.45) is 0 Å². The van der Waals surface area contributed by atoms with E-state index >= 15 is 0 Å². The number of hydrogen-bond acceptors (Lipinski definition) is 10. The summed E-state index contributed by atoms with van der Waals surface area (Å²) in [4.78, 5) is 26.8. The first-order valence-electron chi connectivity index (χ1n) is 12.1. The normalized spacial score (nSPS) is 10.7. The van der Waals surface area contributed by atoms with Crippen LogP contribution in [0, 0.1) is 0 Å². The van der Waals surface area contributed by atoms with E-state index in [2.05, 4.69) is 51.7 Å². The molecule has 0 unspecified atom stereocenters. The molecule has 0 heterocycles. The van der Waals surface area contributed by atoms with Crippen LogP contribution in [0.5, 0.6) is 5.75 Å². The Morgan fingerprint density at radius 1 is 0.889 bits per heavy atom. The molecular formula is C26H47NO5S4. The van der Waals surface area contributed by atoms with Gasteiger partial charge >= 0.3 is 0 Å². The molecule has 10 heteroatoms. The molecule has 0 atom stereocenters. The predicted molar refractivity (Wildman–Crippen MR) is 164 cm³/mol. The summed E-state index contributed by atoms with van der Waals surface area (Å²) in [5, 5.41) is 2.76. The first-order chi connectivity index (χ1) is 17.0. The summed E-state index contributed by atoms with van der Waals surface area (Å²) in [7, 11) is 1.69. The molecule has 0 aliphatic rings. The number of hydrogen-bond donors (Lipinski definition) is 3. The molecule has 1 aromatic rings. The number of carbonyl (C=O) groups is 2. The topological polar surface area (TPSA) is 65.1 Å². The Bertz CT molecular complexity index is 673. The SMILES string of the molecule is CC(C)OCCC(=O)CS.CC(C)Oc1ccc(CCC(=O)CS)cc1.CON(CSCS)C(C)C. The van der Waals surface area contributed by atoms with Crippen LogP contribution in [0.25, 0.3) is 0 Å². The van der Waals surface area contributed by atoms with Gasteiger partial charge in [-0.15, -0.1) is 11.8 Å². The smallest absolute Gasteiger partial charge is 0.144 e. The van der Waals surface area contributed by atoms with Crippen molar-refractivity contribution in [2.75, 3.05) is 36.2 Å². The summed E-state index contributed by atoms with van der Waals surface area (Å²) in [6.45, 7) is 12.6. The van der Waals surface area contributed by atoms with E-state index in [-0.39, 0.29) is 23.8 Å². The molecule has 0 bridgehead atoms. The highest BCUT2D eigenvalue weighted by Gasteiger charge is 2.06. The Labute approximate surface area is 240 Å². The fourth-order valence-corrected chi connectivity index (χ4v) is 3.63. The number of Topliss-reactive ketones (excluding diaryl/α,β-unsaturated/α-hetero) is 2. The van der Waals surface area contributed by atoms with Crippen molar-refractivity contribution in [3.05, 3.63) is 29.8 Å². The van der Waals surface area contributed by atoms with Gasteiger partial charge < -0.3 is 14.3 Å². The van der Waals surface area contributed by atoms with Crippen molar-refractivity contribution in [1.82, 2.24) is 5.06 Å². The average molecular weight is 582 g/mol. The maximum absolute atomic E-state index is 11.1. The van der Waals surface area contributed by atoms with E-state index in [1.54, 1.807) is 18.9 Å². The van der Waals surface area contributed by atoms with E-state index < -0.39 is 0 Å². The zero-order chi connectivity index (χ0) is 27.9. The van der Waals surface area contributed by atoms with Gasteiger partial charge in [0.1, 0.15) is 17.3 Å². The number of benzene rings is 1. The molecule has 0 spiro atoms. The molecular weight excluding hydrogens is 535 g/mol. The second kappa shape index (κ2) is 24.9. The summed E-state index contributed by atoms with van der Waals surface area (Å²) in [5.41, 5.74) is 1.16. The highest BCUT2D eigenvalue weighted by atomic mass is 32.2. The van der Waals surface area contributed by atoms with Gasteiger partial charge in [-0.1, -0.05) is 12.1 Å². The van der Waals surface area contributed by atoms with Crippen LogP contribution in [0.1, 0.15) is 59.9 Å². The Balaban J connectivity index is 0. The Morgan fingerprint density at radius 3 is 1.86 bits per heavy atom. The van der Waals surface area contributed by atoms with Gasteiger partial charge in [0.2, 0.25) is 0 Å². The number of rotatable bonds is 16. The zero-order valence-electron chi connectivity index (χ0n) is 22.9. The van der Waals surface area contributed by atoms with Crippen molar-refractivity contribution < 1.29 is 23.9 Å². The number of carbonyl (C=O) groups excluding carboxylic acids is 2. The molecule has 0 fully saturated rings. The minimum Gasteiger partial charge on any atom is -0.491 e. The van der Waals surface area contributed by atoms with Crippen molar-refractivity contribution in [1.29, 1.82) is 0 Å². The Hall–Kier alpha value is -0.360. The maximum atomic E-state index is 11.1. The van der Waals surface area contributed by atoms with Gasteiger partial charge in [-0.3, -0.25) is 9.59 Å². The first-order valence-corrected chi connectivity index (χ1v) is 15.2. The van der Waals surface area contributed by atoms with E-state index in [1.807, 2.05) is 57.0 Å². The number of hydroxylamine groups is 2. The van der Waals surface area contributed by atoms with E-state index in [0.29, 0.717) is 37.0 Å². The second-order valence-corrected chi connectivity index (χ2v) is 10.9. The van der Waals surface area contributed by atoms with E-state index in [1.165, 1.54) is 0 Å². The van der Waals surface area contributed by atoms with Crippen LogP contribution in [0.15, 0.2) is 24.3 Å². The van der Waals surface area contributed by atoms with Crippen LogP contribution < -0.4 is 4.74 Å². The molecule has 1 rings (SSSR count). The fraction of sp³-hybridized carbons (Fsp3) is 0.692. The minimum absolute atomic E-state index is 0.143. The van der Waals surface area contributed by atoms with Crippen molar-refractivity contribution in [3.8, 4) is 5.75 Å². The lowest BCUT2D eigenvalue weighted by Crippen LogP contribution is -2.29. The minimum atomic E-state index is 0.143. The lowest BCUT2D eigenvalue weighted by atomic mass is 10.1. The number of aryl methyl sites for hydroxylation is 1. The van der Waals surface area contributed by atoms with Crippen LogP contribution >= 0.6 is 49.6 Å². The van der Waals surface area contributed by atoms with Crippen LogP contribution in [0.3, 0.4) is 0 Å². The number of ether oxygens (including phenoxy) is 2. The largest absolute Gasteiger partial charge is 0.491 e. The van der Waals surface area contributed by atoms with Crippen molar-refractivity contribution in [2.45, 2.75) is 79.1 Å². The summed E-state index contributed by atoms with van der Waals surface area (Å²) in [6.07, 6.45) is 2.24.